The Morgan fingerprint density at radius 1 is 0.431 bits per heavy atom. The number of fused-ring (bicyclic) bond motifs is 2. The minimum absolute atomic E-state index is 0.148. The third-order valence-electron chi connectivity index (χ3n) is 9.48. The molecule has 0 saturated carbocycles. The van der Waals surface area contributed by atoms with E-state index in [1.54, 1.807) is 41.1 Å². The van der Waals surface area contributed by atoms with Gasteiger partial charge in [-0.25, -0.2) is 0 Å². The normalized spacial score (nSPS) is 12.3. The lowest BCUT2D eigenvalue weighted by Gasteiger charge is -2.39. The van der Waals surface area contributed by atoms with Crippen molar-refractivity contribution >= 4 is 50.0 Å². The van der Waals surface area contributed by atoms with Gasteiger partial charge in [0.1, 0.15) is 0 Å². The fourth-order valence-corrected chi connectivity index (χ4v) is 6.97. The topological polar surface area (TPSA) is 6.48 Å². The molecule has 0 aliphatic rings. The average Bonchev–Trinajstić information content (AvgIpc) is 3.11. The summed E-state index contributed by atoms with van der Waals surface area (Å²) in [5.74, 6) is 0. The Bertz CT molecular complexity index is 2320. The molecule has 0 bridgehead atoms. The fraction of sp³-hybridized carbons (Fsp3) is 0.116. The van der Waals surface area contributed by atoms with Crippen LogP contribution < -0.4 is 9.80 Å². The van der Waals surface area contributed by atoms with E-state index in [4.69, 9.17) is 0 Å². The number of hydrogen-bond donors (Lipinski definition) is 0. The Kier molecular flexibility index (Phi) is 8.50. The van der Waals surface area contributed by atoms with Crippen LogP contribution >= 0.6 is 0 Å². The van der Waals surface area contributed by atoms with Gasteiger partial charge >= 0.3 is 12.4 Å². The highest BCUT2D eigenvalue weighted by atomic mass is 19.4. The number of rotatable bonds is 7. The number of hydrogen-bond acceptors (Lipinski definition) is 2. The van der Waals surface area contributed by atoms with Crippen LogP contribution in [0.25, 0.3) is 21.5 Å². The molecule has 0 saturated heterocycles. The maximum Gasteiger partial charge on any atom is 0.411 e. The number of aryl methyl sites for hydroxylation is 1. The smallest absolute Gasteiger partial charge is 0.344 e. The van der Waals surface area contributed by atoms with E-state index in [1.807, 2.05) is 91.9 Å². The molecule has 0 N–H and O–H groups in total. The van der Waals surface area contributed by atoms with Crippen LogP contribution in [0.15, 0.2) is 158 Å². The molecule has 0 radical (unpaired) electrons. The van der Waals surface area contributed by atoms with Crippen molar-refractivity contribution in [2.45, 2.75) is 24.7 Å². The van der Waals surface area contributed by atoms with E-state index in [0.717, 1.165) is 51.4 Å². The number of anilines is 5. The first-order valence-corrected chi connectivity index (χ1v) is 16.3. The summed E-state index contributed by atoms with van der Waals surface area (Å²) >= 11 is 0. The first-order chi connectivity index (χ1) is 24.4. The van der Waals surface area contributed by atoms with Crippen molar-refractivity contribution in [1.29, 1.82) is 0 Å². The van der Waals surface area contributed by atoms with Gasteiger partial charge in [0, 0.05) is 40.6 Å². The van der Waals surface area contributed by atoms with Gasteiger partial charge in [-0.2, -0.15) is 26.3 Å². The second kappa shape index (κ2) is 12.8. The van der Waals surface area contributed by atoms with Gasteiger partial charge in [-0.15, -0.1) is 0 Å². The number of nitrogens with zero attached hydrogens (tertiary/aromatic N) is 2. The predicted octanol–water partition coefficient (Wildman–Crippen LogP) is 12.9. The summed E-state index contributed by atoms with van der Waals surface area (Å²) in [6.45, 7) is 1.90. The van der Waals surface area contributed by atoms with Gasteiger partial charge in [-0.05, 0) is 77.4 Å². The van der Waals surface area contributed by atoms with Crippen molar-refractivity contribution in [1.82, 2.24) is 0 Å². The molecule has 7 aromatic rings. The van der Waals surface area contributed by atoms with Crippen molar-refractivity contribution in [2.24, 2.45) is 0 Å². The van der Waals surface area contributed by atoms with E-state index in [0.29, 0.717) is 17.1 Å². The molecule has 0 aliphatic heterocycles. The summed E-state index contributed by atoms with van der Waals surface area (Å²) in [7, 11) is 1.63. The standard InChI is InChI=1S/C43H32F6N2/c1-29-23-25-34(26-24-29)51(40-22-8-14-31-12-4-6-20-38(31)40)36-18-10-16-33(28-36)41(42(44,45)46,43(47,48)49)32-15-9-17-35(27-32)50(2)39-21-7-13-30-11-3-5-19-37(30)39/h3-28H,1-2H3. The Morgan fingerprint density at radius 3 is 1.45 bits per heavy atom. The number of benzene rings is 7. The van der Waals surface area contributed by atoms with Crippen molar-refractivity contribution in [3.63, 3.8) is 0 Å². The molecule has 0 aliphatic carbocycles. The van der Waals surface area contributed by atoms with Crippen LogP contribution in [0.5, 0.6) is 0 Å². The van der Waals surface area contributed by atoms with E-state index >= 15 is 26.3 Å². The second-order valence-corrected chi connectivity index (χ2v) is 12.6. The Hall–Kier alpha value is -5.76. The summed E-state index contributed by atoms with van der Waals surface area (Å²) in [6, 6.07) is 42.7. The molecule has 256 valence electrons. The highest BCUT2D eigenvalue weighted by Crippen LogP contribution is 2.57. The quantitative estimate of drug-likeness (QED) is 0.154. The third kappa shape index (κ3) is 5.84. The minimum Gasteiger partial charge on any atom is -0.344 e. The molecule has 0 fully saturated rings. The molecule has 0 aromatic heterocycles. The molecule has 0 unspecified atom stereocenters. The fourth-order valence-electron chi connectivity index (χ4n) is 6.97. The second-order valence-electron chi connectivity index (χ2n) is 12.6. The van der Waals surface area contributed by atoms with E-state index in [-0.39, 0.29) is 11.4 Å². The summed E-state index contributed by atoms with van der Waals surface area (Å²) < 4.78 is 93.5. The summed E-state index contributed by atoms with van der Waals surface area (Å²) in [6.07, 6.45) is -11.5. The first kappa shape index (κ1) is 33.7. The summed E-state index contributed by atoms with van der Waals surface area (Å²) in [5.41, 5.74) is -3.13. The highest BCUT2D eigenvalue weighted by Gasteiger charge is 2.72. The predicted molar refractivity (Wildman–Crippen MR) is 195 cm³/mol. The average molecular weight is 691 g/mol. The van der Waals surface area contributed by atoms with Gasteiger partial charge < -0.3 is 9.80 Å². The van der Waals surface area contributed by atoms with Crippen LogP contribution in [0.2, 0.25) is 0 Å². The lowest BCUT2D eigenvalue weighted by Crippen LogP contribution is -2.54. The SMILES string of the molecule is Cc1ccc(N(c2cccc(C(c3cccc(N(C)c4cccc5ccccc45)c3)(C(F)(F)F)C(F)(F)F)c2)c2cccc3ccccc23)cc1. The Morgan fingerprint density at radius 2 is 0.882 bits per heavy atom. The van der Waals surface area contributed by atoms with E-state index in [2.05, 4.69) is 0 Å². The molecule has 0 atom stereocenters. The molecule has 51 heavy (non-hydrogen) atoms. The van der Waals surface area contributed by atoms with Crippen LogP contribution in [0, 0.1) is 6.92 Å². The summed E-state index contributed by atoms with van der Waals surface area (Å²) in [5, 5.41) is 3.35. The lowest BCUT2D eigenvalue weighted by molar-refractivity contribution is -0.288. The van der Waals surface area contributed by atoms with Crippen molar-refractivity contribution < 1.29 is 26.3 Å². The molecule has 7 aromatic carbocycles. The van der Waals surface area contributed by atoms with E-state index < -0.39 is 28.9 Å². The molecule has 8 heteroatoms. The van der Waals surface area contributed by atoms with Gasteiger partial charge in [-0.1, -0.05) is 115 Å². The highest BCUT2D eigenvalue weighted by molar-refractivity contribution is 5.99. The van der Waals surface area contributed by atoms with Crippen LogP contribution in [-0.4, -0.2) is 19.4 Å². The van der Waals surface area contributed by atoms with Crippen LogP contribution in [-0.2, 0) is 5.41 Å². The maximum atomic E-state index is 15.6. The molecular formula is C43H32F6N2. The zero-order valence-corrected chi connectivity index (χ0v) is 27.7. The van der Waals surface area contributed by atoms with Gasteiger partial charge in [-0.3, -0.25) is 0 Å². The molecule has 7 rings (SSSR count). The molecule has 0 heterocycles. The van der Waals surface area contributed by atoms with Gasteiger partial charge in [0.05, 0.1) is 5.69 Å². The largest absolute Gasteiger partial charge is 0.411 e. The molecule has 2 nitrogen and oxygen atoms in total. The molecule has 0 spiro atoms. The Balaban J connectivity index is 1.44. The minimum atomic E-state index is -5.77. The van der Waals surface area contributed by atoms with Crippen LogP contribution in [0.1, 0.15) is 16.7 Å². The lowest BCUT2D eigenvalue weighted by atomic mass is 9.72. The van der Waals surface area contributed by atoms with Gasteiger partial charge in [0.15, 0.2) is 0 Å². The van der Waals surface area contributed by atoms with Crippen molar-refractivity contribution in [3.8, 4) is 0 Å². The van der Waals surface area contributed by atoms with Gasteiger partial charge in [0.2, 0.25) is 5.41 Å². The monoisotopic (exact) mass is 690 g/mol. The Labute approximate surface area is 291 Å². The van der Waals surface area contributed by atoms with Crippen molar-refractivity contribution in [3.05, 3.63) is 174 Å². The van der Waals surface area contributed by atoms with Crippen molar-refractivity contribution in [2.75, 3.05) is 16.8 Å². The van der Waals surface area contributed by atoms with E-state index in [1.165, 1.54) is 24.3 Å². The first-order valence-electron chi connectivity index (χ1n) is 16.3. The molecule has 0 amide bonds. The number of halogens is 6. The summed E-state index contributed by atoms with van der Waals surface area (Å²) in [4.78, 5) is 3.31. The van der Waals surface area contributed by atoms with E-state index in [9.17, 15) is 0 Å². The third-order valence-corrected chi connectivity index (χ3v) is 9.48. The maximum absolute atomic E-state index is 15.6. The van der Waals surface area contributed by atoms with Crippen LogP contribution in [0.4, 0.5) is 54.8 Å². The van der Waals surface area contributed by atoms with Crippen LogP contribution in [0.3, 0.4) is 0 Å². The molecular weight excluding hydrogens is 658 g/mol. The zero-order valence-electron chi connectivity index (χ0n) is 27.7. The zero-order chi connectivity index (χ0) is 36.0. The van der Waals surface area contributed by atoms with Gasteiger partial charge in [0.25, 0.3) is 0 Å². The number of alkyl halides is 6.